The zero-order chi connectivity index (χ0) is 21.6. The molecule has 30 heavy (non-hydrogen) atoms. The molecular weight excluding hydrogens is 382 g/mol. The van der Waals surface area contributed by atoms with E-state index in [2.05, 4.69) is 25.9 Å². The van der Waals surface area contributed by atoms with Gasteiger partial charge in [-0.05, 0) is 51.1 Å². The minimum absolute atomic E-state index is 0.117. The molecule has 0 aliphatic rings. The molecule has 2 heterocycles. The Hall–Kier alpha value is -3.94. The maximum Gasteiger partial charge on any atom is 0.413 e. The van der Waals surface area contributed by atoms with Crippen LogP contribution in [0, 0.1) is 0 Å². The van der Waals surface area contributed by atoms with Gasteiger partial charge in [-0.3, -0.25) is 10.1 Å². The predicted molar refractivity (Wildman–Crippen MR) is 116 cm³/mol. The smallest absolute Gasteiger partial charge is 0.413 e. The SMILES string of the molecule is CC(C)(C)OC(=O)Nc1cc(Nc2ccccn2)cc(C(=O)Nc2ccccc2)n1. The lowest BCUT2D eigenvalue weighted by molar-refractivity contribution is 0.0635. The summed E-state index contributed by atoms with van der Waals surface area (Å²) in [5, 5.41) is 8.45. The normalized spacial score (nSPS) is 10.8. The lowest BCUT2D eigenvalue weighted by Crippen LogP contribution is -2.27. The van der Waals surface area contributed by atoms with Crippen LogP contribution in [0.4, 0.5) is 27.8 Å². The molecule has 0 saturated heterocycles. The van der Waals surface area contributed by atoms with Crippen LogP contribution in [0.15, 0.2) is 66.9 Å². The number of hydrogen-bond acceptors (Lipinski definition) is 6. The quantitative estimate of drug-likeness (QED) is 0.562. The Bertz CT molecular complexity index is 1020. The minimum atomic E-state index is -0.667. The van der Waals surface area contributed by atoms with Gasteiger partial charge in [0, 0.05) is 23.6 Å². The molecule has 8 heteroatoms. The van der Waals surface area contributed by atoms with Crippen molar-refractivity contribution in [3.05, 3.63) is 72.6 Å². The van der Waals surface area contributed by atoms with E-state index in [-0.39, 0.29) is 11.5 Å². The third-order valence-electron chi connectivity index (χ3n) is 3.66. The summed E-state index contributed by atoms with van der Waals surface area (Å²) in [5.74, 6) is 0.336. The highest BCUT2D eigenvalue weighted by molar-refractivity contribution is 6.04. The summed E-state index contributed by atoms with van der Waals surface area (Å²) in [6.45, 7) is 5.29. The molecule has 0 unspecified atom stereocenters. The minimum Gasteiger partial charge on any atom is -0.444 e. The second-order valence-electron chi connectivity index (χ2n) is 7.41. The van der Waals surface area contributed by atoms with Crippen LogP contribution in [0.5, 0.6) is 0 Å². The van der Waals surface area contributed by atoms with Crippen molar-refractivity contribution in [1.29, 1.82) is 0 Å². The van der Waals surface area contributed by atoms with Gasteiger partial charge in [0.05, 0.1) is 0 Å². The highest BCUT2D eigenvalue weighted by Crippen LogP contribution is 2.21. The maximum atomic E-state index is 12.7. The number of nitrogens with zero attached hydrogens (tertiary/aromatic N) is 2. The third-order valence-corrected chi connectivity index (χ3v) is 3.66. The fraction of sp³-hybridized carbons (Fsp3) is 0.182. The molecule has 3 N–H and O–H groups in total. The highest BCUT2D eigenvalue weighted by atomic mass is 16.6. The van der Waals surface area contributed by atoms with Gasteiger partial charge in [-0.25, -0.2) is 14.8 Å². The molecule has 0 aliphatic heterocycles. The van der Waals surface area contributed by atoms with Crippen LogP contribution in [-0.2, 0) is 4.74 Å². The van der Waals surface area contributed by atoms with Gasteiger partial charge < -0.3 is 15.4 Å². The second kappa shape index (κ2) is 9.04. The molecule has 0 atom stereocenters. The summed E-state index contributed by atoms with van der Waals surface area (Å²) in [6, 6.07) is 17.6. The third kappa shape index (κ3) is 6.30. The van der Waals surface area contributed by atoms with E-state index in [0.717, 1.165) is 0 Å². The van der Waals surface area contributed by atoms with Crippen molar-refractivity contribution in [1.82, 2.24) is 9.97 Å². The molecule has 0 fully saturated rings. The van der Waals surface area contributed by atoms with Crippen LogP contribution >= 0.6 is 0 Å². The number of para-hydroxylation sites is 1. The molecule has 2 amide bonds. The molecular formula is C22H23N5O3. The van der Waals surface area contributed by atoms with Crippen LogP contribution in [0.25, 0.3) is 0 Å². The number of benzene rings is 1. The molecule has 154 valence electrons. The predicted octanol–water partition coefficient (Wildman–Crippen LogP) is 4.82. The Balaban J connectivity index is 1.87. The Kier molecular flexibility index (Phi) is 6.26. The standard InChI is InChI=1S/C22H23N5O3/c1-22(2,3)30-21(29)27-19-14-16(24-18-11-7-8-12-23-18)13-17(26-19)20(28)25-15-9-5-4-6-10-15/h4-14H,1-3H3,(H,25,28)(H2,23,24,26,27,29). The van der Waals surface area contributed by atoms with E-state index in [1.807, 2.05) is 24.3 Å². The highest BCUT2D eigenvalue weighted by Gasteiger charge is 2.18. The summed E-state index contributed by atoms with van der Waals surface area (Å²) < 4.78 is 5.27. The van der Waals surface area contributed by atoms with Gasteiger partial charge in [0.15, 0.2) is 0 Å². The monoisotopic (exact) mass is 405 g/mol. The number of amides is 2. The molecule has 0 saturated carbocycles. The van der Waals surface area contributed by atoms with Crippen LogP contribution in [0.3, 0.4) is 0 Å². The van der Waals surface area contributed by atoms with Gasteiger partial charge in [0.2, 0.25) is 0 Å². The van der Waals surface area contributed by atoms with Crippen molar-refractivity contribution in [3.63, 3.8) is 0 Å². The molecule has 3 rings (SSSR count). The van der Waals surface area contributed by atoms with Gasteiger partial charge in [0.1, 0.15) is 22.9 Å². The van der Waals surface area contributed by atoms with Gasteiger partial charge in [-0.1, -0.05) is 24.3 Å². The zero-order valence-electron chi connectivity index (χ0n) is 17.0. The van der Waals surface area contributed by atoms with E-state index in [0.29, 0.717) is 17.2 Å². The summed E-state index contributed by atoms with van der Waals surface area (Å²) in [4.78, 5) is 33.4. The number of pyridine rings is 2. The van der Waals surface area contributed by atoms with Crippen LogP contribution in [0.2, 0.25) is 0 Å². The van der Waals surface area contributed by atoms with Crippen LogP contribution < -0.4 is 16.0 Å². The lowest BCUT2D eigenvalue weighted by atomic mass is 10.2. The number of carbonyl (C=O) groups excluding carboxylic acids is 2. The first-order valence-electron chi connectivity index (χ1n) is 9.35. The number of hydrogen-bond donors (Lipinski definition) is 3. The Labute approximate surface area is 174 Å². The first-order valence-corrected chi connectivity index (χ1v) is 9.35. The van der Waals surface area contributed by atoms with Crippen molar-refractivity contribution < 1.29 is 14.3 Å². The van der Waals surface area contributed by atoms with Crippen LogP contribution in [-0.4, -0.2) is 27.6 Å². The summed E-state index contributed by atoms with van der Waals surface area (Å²) in [6.07, 6.45) is 0.978. The van der Waals surface area contributed by atoms with Crippen molar-refractivity contribution in [3.8, 4) is 0 Å². The molecule has 0 aliphatic carbocycles. The fourth-order valence-electron chi connectivity index (χ4n) is 2.49. The maximum absolute atomic E-state index is 12.7. The number of ether oxygens (including phenoxy) is 1. The van der Waals surface area contributed by atoms with Crippen molar-refractivity contribution >= 4 is 35.0 Å². The number of anilines is 4. The molecule has 0 spiro atoms. The summed E-state index contributed by atoms with van der Waals surface area (Å²) >= 11 is 0. The molecule has 3 aromatic rings. The fourth-order valence-corrected chi connectivity index (χ4v) is 2.49. The van der Waals surface area contributed by atoms with E-state index in [9.17, 15) is 9.59 Å². The molecule has 0 radical (unpaired) electrons. The van der Waals surface area contributed by atoms with Gasteiger partial charge in [-0.2, -0.15) is 0 Å². The first-order chi connectivity index (χ1) is 14.3. The van der Waals surface area contributed by atoms with E-state index in [4.69, 9.17) is 4.74 Å². The molecule has 2 aromatic heterocycles. The molecule has 8 nitrogen and oxygen atoms in total. The Morgan fingerprint density at radius 2 is 1.60 bits per heavy atom. The van der Waals surface area contributed by atoms with Gasteiger partial charge >= 0.3 is 6.09 Å². The van der Waals surface area contributed by atoms with Gasteiger partial charge in [-0.15, -0.1) is 0 Å². The number of nitrogens with one attached hydrogen (secondary N) is 3. The summed E-state index contributed by atoms with van der Waals surface area (Å²) in [5.41, 5.74) is 0.620. The van der Waals surface area contributed by atoms with Crippen molar-refractivity contribution in [2.75, 3.05) is 16.0 Å². The summed E-state index contributed by atoms with van der Waals surface area (Å²) in [7, 11) is 0. The van der Waals surface area contributed by atoms with Gasteiger partial charge in [0.25, 0.3) is 5.91 Å². The van der Waals surface area contributed by atoms with Crippen molar-refractivity contribution in [2.24, 2.45) is 0 Å². The number of carbonyl (C=O) groups is 2. The van der Waals surface area contributed by atoms with E-state index in [1.165, 1.54) is 0 Å². The average molecular weight is 405 g/mol. The number of aromatic nitrogens is 2. The van der Waals surface area contributed by atoms with Crippen molar-refractivity contribution in [2.45, 2.75) is 26.4 Å². The van der Waals surface area contributed by atoms with Crippen LogP contribution in [0.1, 0.15) is 31.3 Å². The molecule has 0 bridgehead atoms. The number of rotatable bonds is 5. The zero-order valence-corrected chi connectivity index (χ0v) is 17.0. The lowest BCUT2D eigenvalue weighted by Gasteiger charge is -2.19. The van der Waals surface area contributed by atoms with E-state index in [1.54, 1.807) is 63.4 Å². The Morgan fingerprint density at radius 1 is 0.867 bits per heavy atom. The average Bonchev–Trinajstić information content (AvgIpc) is 2.68. The largest absolute Gasteiger partial charge is 0.444 e. The van der Waals surface area contributed by atoms with E-state index < -0.39 is 17.6 Å². The first kappa shape index (κ1) is 20.8. The topological polar surface area (TPSA) is 105 Å². The van der Waals surface area contributed by atoms with E-state index >= 15 is 0 Å². The Morgan fingerprint density at radius 3 is 2.27 bits per heavy atom. The molecule has 1 aromatic carbocycles. The second-order valence-corrected chi connectivity index (χ2v) is 7.41.